The lowest BCUT2D eigenvalue weighted by Crippen LogP contribution is -2.24. The highest BCUT2D eigenvalue weighted by molar-refractivity contribution is 6.04. The number of hydrogen-bond donors (Lipinski definition) is 3. The van der Waals surface area contributed by atoms with Crippen molar-refractivity contribution in [3.05, 3.63) is 83.4 Å². The van der Waals surface area contributed by atoms with Crippen molar-refractivity contribution in [2.75, 3.05) is 30.5 Å². The summed E-state index contributed by atoms with van der Waals surface area (Å²) >= 11 is 0. The molecule has 11 heteroatoms. The van der Waals surface area contributed by atoms with Gasteiger partial charge < -0.3 is 24.8 Å². The van der Waals surface area contributed by atoms with Crippen LogP contribution in [0.3, 0.4) is 0 Å². The molecule has 0 saturated heterocycles. The van der Waals surface area contributed by atoms with Gasteiger partial charge in [-0.15, -0.1) is 0 Å². The Morgan fingerprint density at radius 1 is 0.805 bits per heavy atom. The van der Waals surface area contributed by atoms with Crippen LogP contribution in [0.25, 0.3) is 0 Å². The maximum Gasteiger partial charge on any atom is 0.338 e. The molecule has 0 heterocycles. The first-order valence-electron chi connectivity index (χ1n) is 12.9. The van der Waals surface area contributed by atoms with Crippen LogP contribution in [0.5, 0.6) is 11.5 Å². The molecule has 3 rings (SSSR count). The summed E-state index contributed by atoms with van der Waals surface area (Å²) in [5.74, 6) is -1.14. The average molecular weight is 561 g/mol. The van der Waals surface area contributed by atoms with Crippen LogP contribution >= 0.6 is 0 Å². The standard InChI is InChI=1S/C30H32N4O7/c1-4-39-26-16-21(18-31-34-28(36)17-27(35)33-24-9-7-6-8-20(24)3)10-15-25(26)41-19-29(37)32-23-13-11-22(12-14-23)30(38)40-5-2/h6-16,18H,4-5,17,19H2,1-3H3,(H,32,37)(H,33,35)(H,34,36). The van der Waals surface area contributed by atoms with Gasteiger partial charge >= 0.3 is 5.97 Å². The molecule has 0 atom stereocenters. The van der Waals surface area contributed by atoms with Crippen LogP contribution < -0.4 is 25.5 Å². The number of amides is 3. The second kappa shape index (κ2) is 15.4. The van der Waals surface area contributed by atoms with Crippen LogP contribution in [-0.2, 0) is 19.1 Å². The highest BCUT2D eigenvalue weighted by Gasteiger charge is 2.12. The smallest absolute Gasteiger partial charge is 0.338 e. The zero-order chi connectivity index (χ0) is 29.6. The number of para-hydroxylation sites is 1. The SMILES string of the molecule is CCOC(=O)c1ccc(NC(=O)COc2ccc(C=NNC(=O)CC(=O)Nc3ccccc3C)cc2OCC)cc1. The van der Waals surface area contributed by atoms with Crippen LogP contribution in [0.1, 0.15) is 41.8 Å². The molecule has 0 aliphatic carbocycles. The molecule has 0 aliphatic heterocycles. The molecule has 11 nitrogen and oxygen atoms in total. The van der Waals surface area contributed by atoms with Crippen molar-refractivity contribution >= 4 is 41.3 Å². The molecular formula is C30H32N4O7. The highest BCUT2D eigenvalue weighted by atomic mass is 16.5. The molecule has 0 spiro atoms. The molecule has 3 aromatic rings. The summed E-state index contributed by atoms with van der Waals surface area (Å²) in [5, 5.41) is 9.29. The molecule has 0 bridgehead atoms. The third-order valence-electron chi connectivity index (χ3n) is 5.45. The first-order chi connectivity index (χ1) is 19.8. The molecule has 3 N–H and O–H groups in total. The Morgan fingerprint density at radius 3 is 2.27 bits per heavy atom. The van der Waals surface area contributed by atoms with E-state index in [0.29, 0.717) is 40.6 Å². The molecule has 214 valence electrons. The Kier molecular flexibility index (Phi) is 11.4. The number of hydrogen-bond acceptors (Lipinski definition) is 8. The normalized spacial score (nSPS) is 10.5. The van der Waals surface area contributed by atoms with E-state index in [4.69, 9.17) is 14.2 Å². The van der Waals surface area contributed by atoms with Gasteiger partial charge in [-0.3, -0.25) is 14.4 Å². The van der Waals surface area contributed by atoms with Gasteiger partial charge in [0.1, 0.15) is 6.42 Å². The predicted octanol–water partition coefficient (Wildman–Crippen LogP) is 4.07. The fourth-order valence-electron chi connectivity index (χ4n) is 3.51. The zero-order valence-corrected chi connectivity index (χ0v) is 23.1. The first-order valence-corrected chi connectivity index (χ1v) is 12.9. The zero-order valence-electron chi connectivity index (χ0n) is 23.1. The Morgan fingerprint density at radius 2 is 1.56 bits per heavy atom. The summed E-state index contributed by atoms with van der Waals surface area (Å²) in [6.45, 7) is 5.73. The molecule has 0 saturated carbocycles. The quantitative estimate of drug-likeness (QED) is 0.124. The minimum Gasteiger partial charge on any atom is -0.490 e. The van der Waals surface area contributed by atoms with Gasteiger partial charge in [-0.1, -0.05) is 18.2 Å². The monoisotopic (exact) mass is 560 g/mol. The maximum absolute atomic E-state index is 12.4. The van der Waals surface area contributed by atoms with Crippen molar-refractivity contribution in [1.29, 1.82) is 0 Å². The second-order valence-electron chi connectivity index (χ2n) is 8.61. The molecule has 0 radical (unpaired) electrons. The number of nitrogens with zero attached hydrogens (tertiary/aromatic N) is 1. The van der Waals surface area contributed by atoms with Crippen LogP contribution in [0.4, 0.5) is 11.4 Å². The van der Waals surface area contributed by atoms with Gasteiger partial charge in [-0.25, -0.2) is 10.2 Å². The molecule has 0 fully saturated rings. The number of carbonyl (C=O) groups is 4. The van der Waals surface area contributed by atoms with Crippen LogP contribution in [0.2, 0.25) is 0 Å². The van der Waals surface area contributed by atoms with Crippen molar-refractivity contribution in [2.24, 2.45) is 5.10 Å². The number of rotatable bonds is 13. The average Bonchev–Trinajstić information content (AvgIpc) is 2.94. The number of hydrazone groups is 1. The van der Waals surface area contributed by atoms with Crippen molar-refractivity contribution < 1.29 is 33.4 Å². The third kappa shape index (κ3) is 9.81. The van der Waals surface area contributed by atoms with E-state index in [9.17, 15) is 19.2 Å². The largest absolute Gasteiger partial charge is 0.490 e. The lowest BCUT2D eigenvalue weighted by molar-refractivity contribution is -0.126. The Balaban J connectivity index is 1.50. The van der Waals surface area contributed by atoms with Gasteiger partial charge in [0.15, 0.2) is 18.1 Å². The van der Waals surface area contributed by atoms with Crippen LogP contribution in [0.15, 0.2) is 71.8 Å². The van der Waals surface area contributed by atoms with Crippen molar-refractivity contribution in [2.45, 2.75) is 27.2 Å². The number of anilines is 2. The fourth-order valence-corrected chi connectivity index (χ4v) is 3.51. The van der Waals surface area contributed by atoms with E-state index in [2.05, 4.69) is 21.2 Å². The van der Waals surface area contributed by atoms with Gasteiger partial charge in [0.05, 0.1) is 25.0 Å². The molecule has 0 unspecified atom stereocenters. The van der Waals surface area contributed by atoms with Crippen LogP contribution in [-0.4, -0.2) is 49.7 Å². The Labute approximate surface area is 237 Å². The van der Waals surface area contributed by atoms with Gasteiger partial charge in [-0.2, -0.15) is 5.10 Å². The summed E-state index contributed by atoms with van der Waals surface area (Å²) in [5.41, 5.74) is 5.33. The molecule has 41 heavy (non-hydrogen) atoms. The first kappa shape index (κ1) is 30.4. The van der Waals surface area contributed by atoms with Crippen molar-refractivity contribution in [3.8, 4) is 11.5 Å². The lowest BCUT2D eigenvalue weighted by Gasteiger charge is -2.13. The van der Waals surface area contributed by atoms with E-state index in [0.717, 1.165) is 5.56 Å². The summed E-state index contributed by atoms with van der Waals surface area (Å²) in [6.07, 6.45) is 1.01. The predicted molar refractivity (Wildman–Crippen MR) is 154 cm³/mol. The molecular weight excluding hydrogens is 528 g/mol. The van der Waals surface area contributed by atoms with Gasteiger partial charge in [-0.05, 0) is 80.4 Å². The van der Waals surface area contributed by atoms with Crippen molar-refractivity contribution in [3.63, 3.8) is 0 Å². The Bertz CT molecular complexity index is 1400. The van der Waals surface area contributed by atoms with E-state index in [1.807, 2.05) is 19.1 Å². The van der Waals surface area contributed by atoms with Crippen molar-refractivity contribution in [1.82, 2.24) is 5.43 Å². The second-order valence-corrected chi connectivity index (χ2v) is 8.61. The highest BCUT2D eigenvalue weighted by Crippen LogP contribution is 2.28. The van der Waals surface area contributed by atoms with Gasteiger partial charge in [0.25, 0.3) is 5.91 Å². The summed E-state index contributed by atoms with van der Waals surface area (Å²) in [7, 11) is 0. The lowest BCUT2D eigenvalue weighted by atomic mass is 10.2. The molecule has 0 aliphatic rings. The van der Waals surface area contributed by atoms with Gasteiger partial charge in [0, 0.05) is 11.4 Å². The minimum atomic E-state index is -0.570. The maximum atomic E-state index is 12.4. The minimum absolute atomic E-state index is 0.276. The summed E-state index contributed by atoms with van der Waals surface area (Å²) in [4.78, 5) is 48.4. The number of esters is 1. The summed E-state index contributed by atoms with van der Waals surface area (Å²) in [6, 6.07) is 18.5. The van der Waals surface area contributed by atoms with E-state index in [1.54, 1.807) is 68.4 Å². The summed E-state index contributed by atoms with van der Waals surface area (Å²) < 4.78 is 16.2. The van der Waals surface area contributed by atoms with E-state index < -0.39 is 23.7 Å². The number of aryl methyl sites for hydroxylation is 1. The number of benzene rings is 3. The molecule has 3 amide bonds. The number of ether oxygens (including phenoxy) is 3. The number of carbonyl (C=O) groups excluding carboxylic acids is 4. The van der Waals surface area contributed by atoms with Gasteiger partial charge in [0.2, 0.25) is 11.8 Å². The molecule has 0 aromatic heterocycles. The third-order valence-corrected chi connectivity index (χ3v) is 5.45. The Hall–Kier alpha value is -5.19. The number of nitrogens with one attached hydrogen (secondary N) is 3. The van der Waals surface area contributed by atoms with E-state index in [1.165, 1.54) is 6.21 Å². The van der Waals surface area contributed by atoms with Crippen LogP contribution in [0, 0.1) is 6.92 Å². The fraction of sp³-hybridized carbons (Fsp3) is 0.233. The van der Waals surface area contributed by atoms with E-state index >= 15 is 0 Å². The topological polar surface area (TPSA) is 144 Å². The molecule has 3 aromatic carbocycles. The van der Waals surface area contributed by atoms with E-state index in [-0.39, 0.29) is 19.6 Å².